The molecule has 0 bridgehead atoms. The molecular weight excluding hydrogens is 258 g/mol. The molecule has 1 unspecified atom stereocenters. The smallest absolute Gasteiger partial charge is 0.323 e. The van der Waals surface area contributed by atoms with E-state index in [4.69, 9.17) is 4.74 Å². The van der Waals surface area contributed by atoms with E-state index in [9.17, 15) is 14.7 Å². The second-order valence-electron chi connectivity index (χ2n) is 5.29. The van der Waals surface area contributed by atoms with Crippen LogP contribution in [0, 0.1) is 11.3 Å². The summed E-state index contributed by atoms with van der Waals surface area (Å²) in [7, 11) is 1.25. The quantitative estimate of drug-likeness (QED) is 0.658. The van der Waals surface area contributed by atoms with Crippen molar-refractivity contribution < 1.29 is 19.4 Å². The SMILES string of the molecule is COC(=O)C(Cc1cccnc1)(C(=O)O)C1CCCC1. The third-order valence-corrected chi connectivity index (χ3v) is 4.19. The van der Waals surface area contributed by atoms with Crippen LogP contribution in [-0.2, 0) is 20.7 Å². The van der Waals surface area contributed by atoms with Crippen LogP contribution in [-0.4, -0.2) is 29.1 Å². The Morgan fingerprint density at radius 1 is 1.45 bits per heavy atom. The van der Waals surface area contributed by atoms with Crippen molar-refractivity contribution in [3.63, 3.8) is 0 Å². The van der Waals surface area contributed by atoms with Crippen LogP contribution < -0.4 is 0 Å². The Morgan fingerprint density at radius 2 is 2.15 bits per heavy atom. The molecule has 0 spiro atoms. The number of aliphatic carboxylic acids is 1. The molecule has 0 aromatic carbocycles. The molecule has 5 nitrogen and oxygen atoms in total. The van der Waals surface area contributed by atoms with Gasteiger partial charge in [0.2, 0.25) is 0 Å². The highest BCUT2D eigenvalue weighted by Gasteiger charge is 2.54. The fourth-order valence-electron chi connectivity index (χ4n) is 3.15. The van der Waals surface area contributed by atoms with Crippen molar-refractivity contribution in [2.45, 2.75) is 32.1 Å². The summed E-state index contributed by atoms with van der Waals surface area (Å²) in [6.07, 6.45) is 6.79. The number of nitrogens with zero attached hydrogens (tertiary/aromatic N) is 1. The number of pyridine rings is 1. The first kappa shape index (κ1) is 14.5. The standard InChI is InChI=1S/C15H19NO4/c1-20-14(19)15(13(17)18,12-6-2-3-7-12)9-11-5-4-8-16-10-11/h4-5,8,10,12H,2-3,6-7,9H2,1H3,(H,17,18). The molecule has 1 aromatic rings. The summed E-state index contributed by atoms with van der Waals surface area (Å²) in [5.74, 6) is -1.92. The van der Waals surface area contributed by atoms with Crippen LogP contribution in [0.3, 0.4) is 0 Å². The molecule has 1 fully saturated rings. The second kappa shape index (κ2) is 6.03. The molecule has 1 atom stereocenters. The Hall–Kier alpha value is -1.91. The van der Waals surface area contributed by atoms with Gasteiger partial charge in [0.1, 0.15) is 0 Å². The van der Waals surface area contributed by atoms with Crippen molar-refractivity contribution in [2.75, 3.05) is 7.11 Å². The van der Waals surface area contributed by atoms with Crippen molar-refractivity contribution >= 4 is 11.9 Å². The van der Waals surface area contributed by atoms with Gasteiger partial charge in [-0.2, -0.15) is 0 Å². The third kappa shape index (κ3) is 2.53. The number of esters is 1. The van der Waals surface area contributed by atoms with E-state index in [2.05, 4.69) is 4.98 Å². The predicted octanol–water partition coefficient (Wildman–Crippen LogP) is 2.06. The minimum Gasteiger partial charge on any atom is -0.480 e. The molecular formula is C15H19NO4. The van der Waals surface area contributed by atoms with E-state index in [0.717, 1.165) is 31.2 Å². The summed E-state index contributed by atoms with van der Waals surface area (Å²) in [5.41, 5.74) is -0.749. The maximum Gasteiger partial charge on any atom is 0.323 e. The summed E-state index contributed by atoms with van der Waals surface area (Å²) in [6.45, 7) is 0. The van der Waals surface area contributed by atoms with Gasteiger partial charge in [0.15, 0.2) is 5.41 Å². The third-order valence-electron chi connectivity index (χ3n) is 4.19. The number of hydrogen-bond acceptors (Lipinski definition) is 4. The van der Waals surface area contributed by atoms with E-state index < -0.39 is 17.4 Å². The van der Waals surface area contributed by atoms with Crippen LogP contribution in [0.4, 0.5) is 0 Å². The van der Waals surface area contributed by atoms with Crippen molar-refractivity contribution in [2.24, 2.45) is 11.3 Å². The molecule has 2 rings (SSSR count). The van der Waals surface area contributed by atoms with Crippen molar-refractivity contribution in [3.05, 3.63) is 30.1 Å². The summed E-state index contributed by atoms with van der Waals surface area (Å²) in [6, 6.07) is 3.54. The Bertz CT molecular complexity index is 482. The first-order valence-electron chi connectivity index (χ1n) is 6.82. The zero-order valence-corrected chi connectivity index (χ0v) is 11.5. The topological polar surface area (TPSA) is 76.5 Å². The van der Waals surface area contributed by atoms with Crippen LogP contribution in [0.5, 0.6) is 0 Å². The van der Waals surface area contributed by atoms with Gasteiger partial charge < -0.3 is 9.84 Å². The number of carbonyl (C=O) groups excluding carboxylic acids is 1. The second-order valence-corrected chi connectivity index (χ2v) is 5.29. The summed E-state index contributed by atoms with van der Waals surface area (Å²) >= 11 is 0. The van der Waals surface area contributed by atoms with Crippen molar-refractivity contribution in [1.29, 1.82) is 0 Å². The van der Waals surface area contributed by atoms with Gasteiger partial charge in [-0.1, -0.05) is 18.9 Å². The van der Waals surface area contributed by atoms with Crippen molar-refractivity contribution in [1.82, 2.24) is 4.98 Å². The fourth-order valence-corrected chi connectivity index (χ4v) is 3.15. The number of carboxylic acid groups (broad SMARTS) is 1. The maximum absolute atomic E-state index is 12.2. The van der Waals surface area contributed by atoms with Crippen LogP contribution in [0.2, 0.25) is 0 Å². The zero-order chi connectivity index (χ0) is 14.6. The van der Waals surface area contributed by atoms with Gasteiger partial charge in [0.25, 0.3) is 0 Å². The number of aromatic nitrogens is 1. The van der Waals surface area contributed by atoms with Gasteiger partial charge in [-0.3, -0.25) is 14.6 Å². The minimum atomic E-state index is -1.49. The summed E-state index contributed by atoms with van der Waals surface area (Å²) in [5, 5.41) is 9.73. The van der Waals surface area contributed by atoms with E-state index in [-0.39, 0.29) is 12.3 Å². The summed E-state index contributed by atoms with van der Waals surface area (Å²) < 4.78 is 4.82. The van der Waals surface area contributed by atoms with E-state index in [1.807, 2.05) is 0 Å². The highest BCUT2D eigenvalue weighted by atomic mass is 16.5. The van der Waals surface area contributed by atoms with E-state index >= 15 is 0 Å². The minimum absolute atomic E-state index is 0.132. The number of carbonyl (C=O) groups is 2. The van der Waals surface area contributed by atoms with Crippen LogP contribution in [0.15, 0.2) is 24.5 Å². The maximum atomic E-state index is 12.2. The average Bonchev–Trinajstić information content (AvgIpc) is 2.99. The Kier molecular flexibility index (Phi) is 4.37. The lowest BCUT2D eigenvalue weighted by Crippen LogP contribution is -2.47. The molecule has 20 heavy (non-hydrogen) atoms. The molecule has 1 aromatic heterocycles. The number of carboxylic acids is 1. The molecule has 0 saturated heterocycles. The van der Waals surface area contributed by atoms with Crippen LogP contribution >= 0.6 is 0 Å². The molecule has 5 heteroatoms. The summed E-state index contributed by atoms with van der Waals surface area (Å²) in [4.78, 5) is 28.1. The Balaban J connectivity index is 2.40. The monoisotopic (exact) mass is 277 g/mol. The molecule has 0 radical (unpaired) electrons. The number of rotatable bonds is 5. The van der Waals surface area contributed by atoms with Gasteiger partial charge in [-0.15, -0.1) is 0 Å². The largest absolute Gasteiger partial charge is 0.480 e. The first-order chi connectivity index (χ1) is 9.61. The molecule has 0 amide bonds. The lowest BCUT2D eigenvalue weighted by atomic mass is 9.70. The first-order valence-corrected chi connectivity index (χ1v) is 6.82. The van der Waals surface area contributed by atoms with Gasteiger partial charge in [0.05, 0.1) is 7.11 Å². The zero-order valence-electron chi connectivity index (χ0n) is 11.5. The van der Waals surface area contributed by atoms with E-state index in [1.54, 1.807) is 24.5 Å². The lowest BCUT2D eigenvalue weighted by Gasteiger charge is -2.32. The number of methoxy groups -OCH3 is 1. The molecule has 1 N–H and O–H groups in total. The average molecular weight is 277 g/mol. The molecule has 1 heterocycles. The highest BCUT2D eigenvalue weighted by molar-refractivity contribution is 6.00. The van der Waals surface area contributed by atoms with Crippen molar-refractivity contribution in [3.8, 4) is 0 Å². The van der Waals surface area contributed by atoms with Gasteiger partial charge in [-0.25, -0.2) is 0 Å². The number of ether oxygens (including phenoxy) is 1. The fraction of sp³-hybridized carbons (Fsp3) is 0.533. The Labute approximate surface area is 118 Å². The Morgan fingerprint density at radius 3 is 2.65 bits per heavy atom. The van der Waals surface area contributed by atoms with Gasteiger partial charge in [0, 0.05) is 18.8 Å². The van der Waals surface area contributed by atoms with E-state index in [1.165, 1.54) is 7.11 Å². The van der Waals surface area contributed by atoms with Crippen LogP contribution in [0.25, 0.3) is 0 Å². The van der Waals surface area contributed by atoms with Gasteiger partial charge in [-0.05, 0) is 30.4 Å². The molecule has 108 valence electrons. The van der Waals surface area contributed by atoms with Gasteiger partial charge >= 0.3 is 11.9 Å². The number of hydrogen-bond donors (Lipinski definition) is 1. The molecule has 1 aliphatic carbocycles. The normalized spacial score (nSPS) is 18.4. The highest BCUT2D eigenvalue weighted by Crippen LogP contribution is 2.43. The molecule has 1 saturated carbocycles. The van der Waals surface area contributed by atoms with Crippen LogP contribution in [0.1, 0.15) is 31.2 Å². The van der Waals surface area contributed by atoms with E-state index in [0.29, 0.717) is 0 Å². The predicted molar refractivity (Wildman–Crippen MR) is 72.0 cm³/mol. The lowest BCUT2D eigenvalue weighted by molar-refractivity contribution is -0.171. The molecule has 0 aliphatic heterocycles. The molecule has 1 aliphatic rings.